The summed E-state index contributed by atoms with van der Waals surface area (Å²) in [6.45, 7) is 4.75. The molecule has 1 heterocycles. The lowest BCUT2D eigenvalue weighted by atomic mass is 10.2. The third kappa shape index (κ3) is 4.76. The van der Waals surface area contributed by atoms with Gasteiger partial charge in [-0.05, 0) is 24.6 Å². The van der Waals surface area contributed by atoms with Gasteiger partial charge in [0.25, 0.3) is 0 Å². The molecule has 1 amide bonds. The number of ether oxygens (including phenoxy) is 1. The van der Waals surface area contributed by atoms with E-state index in [0.717, 1.165) is 12.0 Å². The number of nitrogens with one attached hydrogen (secondary N) is 1. The zero-order valence-corrected chi connectivity index (χ0v) is 13.8. The lowest BCUT2D eigenvalue weighted by Crippen LogP contribution is -2.40. The van der Waals surface area contributed by atoms with Gasteiger partial charge in [-0.2, -0.15) is 9.56 Å². The highest BCUT2D eigenvalue weighted by Gasteiger charge is 2.10. The Morgan fingerprint density at radius 2 is 2.17 bits per heavy atom. The summed E-state index contributed by atoms with van der Waals surface area (Å²) in [5, 5.41) is 2.62. The molecule has 0 saturated carbocycles. The van der Waals surface area contributed by atoms with E-state index in [0.29, 0.717) is 17.9 Å². The molecule has 2 rings (SSSR count). The van der Waals surface area contributed by atoms with E-state index in [1.54, 1.807) is 18.2 Å². The molecular formula is C18H20N3O3+. The first-order valence-electron chi connectivity index (χ1n) is 7.73. The van der Waals surface area contributed by atoms with E-state index in [2.05, 4.69) is 21.8 Å². The van der Waals surface area contributed by atoms with Crippen LogP contribution < -0.4 is 9.88 Å². The van der Waals surface area contributed by atoms with Crippen LogP contribution in [-0.4, -0.2) is 18.8 Å². The summed E-state index contributed by atoms with van der Waals surface area (Å²) in [4.78, 5) is 25.8. The van der Waals surface area contributed by atoms with Gasteiger partial charge in [0.05, 0.1) is 5.69 Å². The minimum atomic E-state index is -0.547. The third-order valence-electron chi connectivity index (χ3n) is 3.58. The molecule has 1 aromatic carbocycles. The van der Waals surface area contributed by atoms with Crippen LogP contribution in [0.25, 0.3) is 0 Å². The van der Waals surface area contributed by atoms with Crippen molar-refractivity contribution in [2.24, 2.45) is 4.99 Å². The number of hydrogen-bond donors (Lipinski definition) is 1. The highest BCUT2D eigenvalue weighted by atomic mass is 16.5. The summed E-state index contributed by atoms with van der Waals surface area (Å²) < 4.78 is 7.25. The van der Waals surface area contributed by atoms with Crippen LogP contribution in [0.5, 0.6) is 0 Å². The molecule has 124 valence electrons. The highest BCUT2D eigenvalue weighted by molar-refractivity contribution is 5.85. The van der Waals surface area contributed by atoms with Crippen molar-refractivity contribution in [3.63, 3.8) is 0 Å². The van der Waals surface area contributed by atoms with E-state index in [-0.39, 0.29) is 6.61 Å². The van der Waals surface area contributed by atoms with Gasteiger partial charge in [0.2, 0.25) is 6.08 Å². The Hall–Kier alpha value is -2.98. The number of amides is 1. The summed E-state index contributed by atoms with van der Waals surface area (Å²) in [6.07, 6.45) is 3.83. The van der Waals surface area contributed by atoms with Crippen molar-refractivity contribution in [3.05, 3.63) is 53.9 Å². The summed E-state index contributed by atoms with van der Waals surface area (Å²) in [5.41, 5.74) is 2.98. The second-order valence-corrected chi connectivity index (χ2v) is 5.20. The molecule has 0 bridgehead atoms. The second-order valence-electron chi connectivity index (χ2n) is 5.20. The van der Waals surface area contributed by atoms with E-state index in [1.807, 2.05) is 31.3 Å². The van der Waals surface area contributed by atoms with Crippen molar-refractivity contribution in [3.8, 4) is 0 Å². The normalized spacial score (nSPS) is 9.92. The molecule has 2 aromatic rings. The van der Waals surface area contributed by atoms with Crippen LogP contribution in [0.4, 0.5) is 16.2 Å². The van der Waals surface area contributed by atoms with Crippen LogP contribution in [0.15, 0.2) is 47.6 Å². The SMILES string of the molecule is CCc1cccc[n+]1CCOC(=O)Nc1ccc(C)c(N=C=O)c1. The molecule has 0 aliphatic carbocycles. The number of benzene rings is 1. The average Bonchev–Trinajstić information content (AvgIpc) is 2.58. The molecule has 0 saturated heterocycles. The highest BCUT2D eigenvalue weighted by Crippen LogP contribution is 2.22. The number of aliphatic imine (C=N–C) groups is 1. The molecule has 0 aliphatic heterocycles. The number of isocyanates is 1. The third-order valence-corrected chi connectivity index (χ3v) is 3.58. The Labute approximate surface area is 140 Å². The molecule has 0 aliphatic rings. The monoisotopic (exact) mass is 326 g/mol. The minimum absolute atomic E-state index is 0.263. The van der Waals surface area contributed by atoms with E-state index >= 15 is 0 Å². The molecule has 24 heavy (non-hydrogen) atoms. The van der Waals surface area contributed by atoms with Gasteiger partial charge in [0.1, 0.15) is 0 Å². The quantitative estimate of drug-likeness (QED) is 0.504. The van der Waals surface area contributed by atoms with E-state index in [1.165, 1.54) is 11.8 Å². The van der Waals surface area contributed by atoms with Crippen molar-refractivity contribution in [2.45, 2.75) is 26.8 Å². The standard InChI is InChI=1S/C18H19N3O3/c1-3-16-6-4-5-9-21(16)10-11-24-18(23)20-15-8-7-14(2)17(12-15)19-13-22/h4-9,12H,3,10-11H2,1-2H3/p+1. The molecule has 0 atom stereocenters. The summed E-state index contributed by atoms with van der Waals surface area (Å²) in [7, 11) is 0. The van der Waals surface area contributed by atoms with Gasteiger partial charge in [-0.1, -0.05) is 19.1 Å². The Morgan fingerprint density at radius 1 is 1.33 bits per heavy atom. The van der Waals surface area contributed by atoms with Crippen LogP contribution in [0.3, 0.4) is 0 Å². The summed E-state index contributed by atoms with van der Waals surface area (Å²) in [6, 6.07) is 11.1. The van der Waals surface area contributed by atoms with Gasteiger partial charge in [-0.15, -0.1) is 0 Å². The topological polar surface area (TPSA) is 71.6 Å². The van der Waals surface area contributed by atoms with Crippen LogP contribution in [0.2, 0.25) is 0 Å². The van der Waals surface area contributed by atoms with Crippen LogP contribution in [0.1, 0.15) is 18.2 Å². The number of nitrogens with zero attached hydrogens (tertiary/aromatic N) is 2. The zero-order chi connectivity index (χ0) is 17.4. The van der Waals surface area contributed by atoms with Gasteiger partial charge >= 0.3 is 6.09 Å². The number of carbonyl (C=O) groups is 1. The molecule has 0 unspecified atom stereocenters. The molecule has 0 fully saturated rings. The second kappa shape index (κ2) is 8.60. The van der Waals surface area contributed by atoms with Crippen LogP contribution in [0, 0.1) is 6.92 Å². The van der Waals surface area contributed by atoms with Crippen molar-refractivity contribution < 1.29 is 18.9 Å². The van der Waals surface area contributed by atoms with E-state index in [4.69, 9.17) is 4.74 Å². The van der Waals surface area contributed by atoms with E-state index < -0.39 is 6.09 Å². The maximum absolute atomic E-state index is 11.9. The molecule has 0 spiro atoms. The predicted octanol–water partition coefficient (Wildman–Crippen LogP) is 3.06. The van der Waals surface area contributed by atoms with Gasteiger partial charge < -0.3 is 4.74 Å². The minimum Gasteiger partial charge on any atom is -0.443 e. The lowest BCUT2D eigenvalue weighted by molar-refractivity contribution is -0.704. The Balaban J connectivity index is 1.89. The maximum Gasteiger partial charge on any atom is 0.411 e. The average molecular weight is 326 g/mol. The molecular weight excluding hydrogens is 306 g/mol. The molecule has 6 nitrogen and oxygen atoms in total. The smallest absolute Gasteiger partial charge is 0.411 e. The largest absolute Gasteiger partial charge is 0.443 e. The summed E-state index contributed by atoms with van der Waals surface area (Å²) in [5.74, 6) is 0. The number of aromatic nitrogens is 1. The van der Waals surface area contributed by atoms with Crippen molar-refractivity contribution in [1.82, 2.24) is 0 Å². The number of aryl methyl sites for hydroxylation is 2. The summed E-state index contributed by atoms with van der Waals surface area (Å²) >= 11 is 0. The first kappa shape index (κ1) is 17.4. The van der Waals surface area contributed by atoms with Gasteiger partial charge in [0.15, 0.2) is 25.0 Å². The molecule has 1 N–H and O–H groups in total. The first-order chi connectivity index (χ1) is 11.6. The van der Waals surface area contributed by atoms with E-state index in [9.17, 15) is 9.59 Å². The van der Waals surface area contributed by atoms with Crippen molar-refractivity contribution in [2.75, 3.05) is 11.9 Å². The fourth-order valence-corrected chi connectivity index (χ4v) is 2.30. The number of rotatable bonds is 6. The number of hydrogen-bond acceptors (Lipinski definition) is 4. The van der Waals surface area contributed by atoms with Gasteiger partial charge in [-0.3, -0.25) is 5.32 Å². The van der Waals surface area contributed by atoms with Gasteiger partial charge in [0, 0.05) is 24.2 Å². The number of pyridine rings is 1. The maximum atomic E-state index is 11.9. The van der Waals surface area contributed by atoms with Crippen LogP contribution in [-0.2, 0) is 22.5 Å². The number of carbonyl (C=O) groups excluding carboxylic acids is 2. The molecule has 0 radical (unpaired) electrons. The molecule has 1 aromatic heterocycles. The van der Waals surface area contributed by atoms with Gasteiger partial charge in [-0.25, -0.2) is 9.59 Å². The zero-order valence-electron chi connectivity index (χ0n) is 13.8. The fraction of sp³-hybridized carbons (Fsp3) is 0.278. The van der Waals surface area contributed by atoms with Crippen LogP contribution >= 0.6 is 0 Å². The number of anilines is 1. The predicted molar refractivity (Wildman–Crippen MR) is 89.9 cm³/mol. The first-order valence-corrected chi connectivity index (χ1v) is 7.73. The Kier molecular flexibility index (Phi) is 6.23. The lowest BCUT2D eigenvalue weighted by Gasteiger charge is -2.08. The fourth-order valence-electron chi connectivity index (χ4n) is 2.30. The Morgan fingerprint density at radius 3 is 2.92 bits per heavy atom. The van der Waals surface area contributed by atoms with Crippen molar-refractivity contribution in [1.29, 1.82) is 0 Å². The van der Waals surface area contributed by atoms with Crippen molar-refractivity contribution >= 4 is 23.5 Å². The Bertz CT molecular complexity index is 768. The molecule has 6 heteroatoms.